The molecule has 3 aromatic rings. The number of aromatic nitrogens is 2. The van der Waals surface area contributed by atoms with Crippen molar-refractivity contribution in [1.29, 1.82) is 0 Å². The second-order valence-electron chi connectivity index (χ2n) is 10.2. The van der Waals surface area contributed by atoms with Crippen molar-refractivity contribution in [3.05, 3.63) is 23.8 Å². The van der Waals surface area contributed by atoms with Crippen molar-refractivity contribution in [3.63, 3.8) is 0 Å². The highest BCUT2D eigenvalue weighted by Crippen LogP contribution is 2.30. The van der Waals surface area contributed by atoms with Gasteiger partial charge in [-0.05, 0) is 31.9 Å². The predicted octanol–water partition coefficient (Wildman–Crippen LogP) is 3.59. The van der Waals surface area contributed by atoms with Gasteiger partial charge in [0.1, 0.15) is 11.0 Å². The minimum Gasteiger partial charge on any atom is -0.173 e. The molecular formula is C19H30N2S2Si4. The van der Waals surface area contributed by atoms with E-state index >= 15 is 0 Å². The predicted molar refractivity (Wildman–Crippen MR) is 135 cm³/mol. The van der Waals surface area contributed by atoms with Crippen molar-refractivity contribution < 1.29 is 0 Å². The topological polar surface area (TPSA) is 25.8 Å². The Bertz CT molecular complexity index is 1060. The number of hydrogen-bond donors (Lipinski definition) is 0. The Kier molecular flexibility index (Phi) is 4.29. The Labute approximate surface area is 175 Å². The van der Waals surface area contributed by atoms with Crippen LogP contribution in [0.1, 0.15) is 5.56 Å². The molecule has 8 heteroatoms. The summed E-state index contributed by atoms with van der Waals surface area (Å²) in [6.45, 7) is 23.2. The molecule has 0 N–H and O–H groups in total. The molecule has 2 aromatic heterocycles. The number of rotatable bonds is 0. The molecule has 0 fully saturated rings. The maximum Gasteiger partial charge on any atom is 0.103 e. The van der Waals surface area contributed by atoms with E-state index in [-0.39, 0.29) is 0 Å². The highest BCUT2D eigenvalue weighted by atomic mass is 32.1. The van der Waals surface area contributed by atoms with Gasteiger partial charge in [-0.25, -0.2) is 0 Å². The molecule has 0 atom stereocenters. The average molecular weight is 463 g/mol. The number of aryl methyl sites for hydroxylation is 1. The van der Waals surface area contributed by atoms with E-state index < -0.39 is 30.4 Å². The van der Waals surface area contributed by atoms with Crippen LogP contribution < -0.4 is 19.4 Å². The summed E-state index contributed by atoms with van der Waals surface area (Å²) in [5, 5.41) is 3.10. The molecule has 2 aliphatic heterocycles. The molecule has 0 saturated heterocycles. The van der Waals surface area contributed by atoms with Gasteiger partial charge in [0.05, 0.1) is 42.1 Å². The monoisotopic (exact) mass is 462 g/mol. The largest absolute Gasteiger partial charge is 0.173 e. The third-order valence-corrected chi connectivity index (χ3v) is 48.7. The smallest absolute Gasteiger partial charge is 0.103 e. The Hall–Kier alpha value is -0.392. The van der Waals surface area contributed by atoms with Gasteiger partial charge in [0.25, 0.3) is 0 Å². The van der Waals surface area contributed by atoms with E-state index in [1.165, 1.54) is 22.8 Å². The molecule has 0 unspecified atom stereocenters. The molecule has 0 radical (unpaired) electrons. The van der Waals surface area contributed by atoms with Crippen LogP contribution >= 0.6 is 23.1 Å². The first-order valence-electron chi connectivity index (χ1n) is 9.71. The standard InChI is InChI=1S/C19H30N2S2Si4/c1-13-12-16-22-19(13)27(8,9)25(4,5)15-11-10-14(17-18(15)21-23-20-17)24(2,3)26(16,6)7/h10-12H,1-9H3. The minimum absolute atomic E-state index is 1.24. The van der Waals surface area contributed by atoms with Crippen molar-refractivity contribution in [1.82, 2.24) is 8.75 Å². The summed E-state index contributed by atoms with van der Waals surface area (Å²) < 4.78 is 13.2. The fraction of sp³-hybridized carbons (Fsp3) is 0.474. The maximum atomic E-state index is 4.88. The summed E-state index contributed by atoms with van der Waals surface area (Å²) in [4.78, 5) is 0. The van der Waals surface area contributed by atoms with Crippen molar-refractivity contribution in [2.24, 2.45) is 0 Å². The SMILES string of the molecule is Cc1cc2sc1[Si](C)(C)[Si](C)(C)c1ccc(c3nsnc13)[Si](C)(C)[Si]2(C)C. The van der Waals surface area contributed by atoms with Gasteiger partial charge in [-0.15, -0.1) is 0 Å². The molecule has 27 heavy (non-hydrogen) atoms. The van der Waals surface area contributed by atoms with Gasteiger partial charge in [-0.1, -0.05) is 70.6 Å². The van der Waals surface area contributed by atoms with E-state index in [1.54, 1.807) is 24.9 Å². The molecule has 2 aliphatic rings. The summed E-state index contributed by atoms with van der Waals surface area (Å²) in [5.41, 5.74) is 4.06. The second-order valence-corrected chi connectivity index (χ2v) is 42.7. The van der Waals surface area contributed by atoms with Crippen LogP contribution in [0.2, 0.25) is 52.4 Å². The quantitative estimate of drug-likeness (QED) is 0.477. The number of fused-ring (bicyclic) bond motifs is 3. The van der Waals surface area contributed by atoms with E-state index in [1.807, 2.05) is 0 Å². The summed E-state index contributed by atoms with van der Waals surface area (Å²) in [6, 6.07) is 7.54. The molecule has 0 spiro atoms. The lowest BCUT2D eigenvalue weighted by atomic mass is 10.3. The van der Waals surface area contributed by atoms with E-state index in [4.69, 9.17) is 8.75 Å². The number of thiophene rings is 1. The molecule has 1 aromatic carbocycles. The fourth-order valence-corrected chi connectivity index (χ4v) is 30.8. The van der Waals surface area contributed by atoms with Crippen LogP contribution in [0.5, 0.6) is 0 Å². The Balaban J connectivity index is 2.22. The fourth-order valence-electron chi connectivity index (χ4n) is 4.55. The van der Waals surface area contributed by atoms with Gasteiger partial charge in [-0.2, -0.15) is 20.1 Å². The lowest BCUT2D eigenvalue weighted by Gasteiger charge is -2.39. The number of hydrogen-bond acceptors (Lipinski definition) is 4. The molecule has 4 bridgehead atoms. The minimum atomic E-state index is -1.70. The lowest BCUT2D eigenvalue weighted by molar-refractivity contribution is 1.57. The van der Waals surface area contributed by atoms with Gasteiger partial charge in [0.2, 0.25) is 0 Å². The Morgan fingerprint density at radius 3 is 1.70 bits per heavy atom. The molecule has 0 saturated carbocycles. The summed E-state index contributed by atoms with van der Waals surface area (Å²) >= 11 is 3.62. The third-order valence-electron chi connectivity index (χ3n) is 7.99. The van der Waals surface area contributed by atoms with Crippen molar-refractivity contribution in [3.8, 4) is 0 Å². The maximum absolute atomic E-state index is 4.88. The van der Waals surface area contributed by atoms with Crippen LogP contribution in [0.3, 0.4) is 0 Å². The van der Waals surface area contributed by atoms with Crippen molar-refractivity contribution >= 4 is 83.8 Å². The van der Waals surface area contributed by atoms with Gasteiger partial charge in [0, 0.05) is 0 Å². The van der Waals surface area contributed by atoms with E-state index in [0.717, 1.165) is 0 Å². The first-order valence-corrected chi connectivity index (χ1v) is 25.3. The van der Waals surface area contributed by atoms with E-state index in [9.17, 15) is 0 Å². The van der Waals surface area contributed by atoms with E-state index in [0.29, 0.717) is 0 Å². The average Bonchev–Trinajstić information content (AvgIpc) is 3.19. The van der Waals surface area contributed by atoms with Crippen molar-refractivity contribution in [2.45, 2.75) is 59.3 Å². The highest BCUT2D eigenvalue weighted by molar-refractivity contribution is 7.61. The molecule has 4 heterocycles. The first-order chi connectivity index (χ1) is 12.3. The van der Waals surface area contributed by atoms with Gasteiger partial charge in [-0.3, -0.25) is 0 Å². The van der Waals surface area contributed by atoms with Crippen LogP contribution in [0.25, 0.3) is 11.0 Å². The van der Waals surface area contributed by atoms with Gasteiger partial charge in [0.15, 0.2) is 0 Å². The first kappa shape index (κ1) is 19.9. The van der Waals surface area contributed by atoms with Crippen LogP contribution in [-0.4, -0.2) is 39.1 Å². The molecule has 144 valence electrons. The second kappa shape index (κ2) is 5.82. The summed E-state index contributed by atoms with van der Waals surface area (Å²) in [6.07, 6.45) is 0. The summed E-state index contributed by atoms with van der Waals surface area (Å²) in [7, 11) is -6.64. The third kappa shape index (κ3) is 2.43. The highest BCUT2D eigenvalue weighted by Gasteiger charge is 2.51. The van der Waals surface area contributed by atoms with Crippen LogP contribution in [0, 0.1) is 6.92 Å². The number of benzene rings is 1. The van der Waals surface area contributed by atoms with Crippen molar-refractivity contribution in [2.75, 3.05) is 0 Å². The lowest BCUT2D eigenvalue weighted by Crippen LogP contribution is -2.69. The Morgan fingerprint density at radius 2 is 1.19 bits per heavy atom. The van der Waals surface area contributed by atoms with Gasteiger partial charge < -0.3 is 0 Å². The van der Waals surface area contributed by atoms with Gasteiger partial charge >= 0.3 is 0 Å². The molecule has 0 amide bonds. The summed E-state index contributed by atoms with van der Waals surface area (Å²) in [5.74, 6) is 0. The molecule has 5 rings (SSSR count). The van der Waals surface area contributed by atoms with Crippen LogP contribution in [0.15, 0.2) is 18.2 Å². The zero-order valence-electron chi connectivity index (χ0n) is 17.9. The molecular weight excluding hydrogens is 433 g/mol. The van der Waals surface area contributed by atoms with Crippen LogP contribution in [0.4, 0.5) is 0 Å². The zero-order valence-corrected chi connectivity index (χ0v) is 23.6. The van der Waals surface area contributed by atoms with E-state index in [2.05, 4.69) is 88.8 Å². The Morgan fingerprint density at radius 1 is 0.704 bits per heavy atom. The normalized spacial score (nSPS) is 22.0. The number of nitrogens with zero attached hydrogens (tertiary/aromatic N) is 2. The zero-order chi connectivity index (χ0) is 20.0. The van der Waals surface area contributed by atoms with Crippen LogP contribution in [-0.2, 0) is 0 Å². The molecule has 2 nitrogen and oxygen atoms in total. The molecule has 0 aliphatic carbocycles.